The third-order valence-corrected chi connectivity index (χ3v) is 6.57. The minimum absolute atomic E-state index is 0.0966. The minimum Gasteiger partial charge on any atom is -0.490 e. The summed E-state index contributed by atoms with van der Waals surface area (Å²) in [6.07, 6.45) is 3.58. The molecule has 1 saturated heterocycles. The molecule has 0 saturated carbocycles. The zero-order valence-electron chi connectivity index (χ0n) is 20.8. The van der Waals surface area contributed by atoms with Crippen molar-refractivity contribution in [3.63, 3.8) is 0 Å². The number of halogens is 3. The van der Waals surface area contributed by atoms with Crippen LogP contribution in [0.25, 0.3) is 6.08 Å². The number of ether oxygens (including phenoxy) is 2. The average Bonchev–Trinajstić information content (AvgIpc) is 2.88. The molecule has 1 aliphatic rings. The Balaban J connectivity index is 1.72. The van der Waals surface area contributed by atoms with Crippen molar-refractivity contribution >= 4 is 64.1 Å². The second kappa shape index (κ2) is 12.4. The van der Waals surface area contributed by atoms with Gasteiger partial charge in [0, 0.05) is 21.2 Å². The van der Waals surface area contributed by atoms with Crippen LogP contribution >= 0.6 is 35.4 Å². The van der Waals surface area contributed by atoms with Gasteiger partial charge in [-0.05, 0) is 85.7 Å². The number of allylic oxidation sites excluding steroid dienone is 1. The summed E-state index contributed by atoms with van der Waals surface area (Å²) in [4.78, 5) is 27.3. The standard InChI is InChI=1S/C29H23Cl2FN2O4S/c1-3-5-18-12-17(14-25(37-4-2)26(18)38-16-19-6-7-20(30)15-24(19)31)13-23-27(35)33-29(39)34(28(23)36)22-10-8-21(32)9-11-22/h3,6-15H,1,4-5,16H2,2H3,(H,33,35,39)/b23-13-. The molecule has 2 amide bonds. The van der Waals surface area contributed by atoms with Gasteiger partial charge in [0.05, 0.1) is 12.3 Å². The minimum atomic E-state index is -0.649. The van der Waals surface area contributed by atoms with Crippen molar-refractivity contribution in [1.82, 2.24) is 5.32 Å². The number of nitrogens with one attached hydrogen (secondary N) is 1. The van der Waals surface area contributed by atoms with Gasteiger partial charge < -0.3 is 9.47 Å². The third kappa shape index (κ3) is 6.47. The molecule has 10 heteroatoms. The molecule has 3 aromatic carbocycles. The van der Waals surface area contributed by atoms with Crippen LogP contribution in [0.1, 0.15) is 23.6 Å². The van der Waals surface area contributed by atoms with Crippen LogP contribution in [0.4, 0.5) is 10.1 Å². The first-order valence-electron chi connectivity index (χ1n) is 11.9. The summed E-state index contributed by atoms with van der Waals surface area (Å²) < 4.78 is 25.4. The van der Waals surface area contributed by atoms with Crippen LogP contribution in [0, 0.1) is 5.82 Å². The summed E-state index contributed by atoms with van der Waals surface area (Å²) in [5.41, 5.74) is 2.16. The summed E-state index contributed by atoms with van der Waals surface area (Å²) in [5, 5.41) is 3.41. The molecular weight excluding hydrogens is 562 g/mol. The van der Waals surface area contributed by atoms with Crippen molar-refractivity contribution in [2.45, 2.75) is 20.0 Å². The van der Waals surface area contributed by atoms with Crippen LogP contribution in [0.2, 0.25) is 10.0 Å². The largest absolute Gasteiger partial charge is 0.490 e. The monoisotopic (exact) mass is 584 g/mol. The van der Waals surface area contributed by atoms with E-state index in [0.29, 0.717) is 45.8 Å². The summed E-state index contributed by atoms with van der Waals surface area (Å²) in [6, 6.07) is 13.8. The summed E-state index contributed by atoms with van der Waals surface area (Å²) in [5.74, 6) is -0.852. The van der Waals surface area contributed by atoms with Crippen LogP contribution in [0.15, 0.2) is 72.8 Å². The number of nitrogens with zero attached hydrogens (tertiary/aromatic N) is 1. The van der Waals surface area contributed by atoms with Crippen LogP contribution < -0.4 is 19.7 Å². The third-order valence-electron chi connectivity index (χ3n) is 5.70. The number of amides is 2. The molecule has 0 unspecified atom stereocenters. The second-order valence-electron chi connectivity index (χ2n) is 8.39. The molecule has 1 N–H and O–H groups in total. The van der Waals surface area contributed by atoms with Gasteiger partial charge in [-0.15, -0.1) is 6.58 Å². The molecular formula is C29H23Cl2FN2O4S. The lowest BCUT2D eigenvalue weighted by Gasteiger charge is -2.29. The highest BCUT2D eigenvalue weighted by Crippen LogP contribution is 2.36. The van der Waals surface area contributed by atoms with Crippen LogP contribution in [-0.2, 0) is 22.6 Å². The second-order valence-corrected chi connectivity index (χ2v) is 9.62. The Morgan fingerprint density at radius 2 is 1.79 bits per heavy atom. The molecule has 4 rings (SSSR count). The van der Waals surface area contributed by atoms with E-state index in [1.807, 2.05) is 6.92 Å². The van der Waals surface area contributed by atoms with E-state index in [4.69, 9.17) is 44.9 Å². The van der Waals surface area contributed by atoms with Gasteiger partial charge in [0.15, 0.2) is 16.6 Å². The van der Waals surface area contributed by atoms with Gasteiger partial charge in [0.25, 0.3) is 11.8 Å². The molecule has 1 heterocycles. The normalized spacial score (nSPS) is 14.4. The maximum absolute atomic E-state index is 13.4. The lowest BCUT2D eigenvalue weighted by atomic mass is 10.0. The van der Waals surface area contributed by atoms with E-state index in [2.05, 4.69) is 11.9 Å². The molecule has 3 aromatic rings. The summed E-state index contributed by atoms with van der Waals surface area (Å²) in [6.45, 7) is 6.16. The topological polar surface area (TPSA) is 67.9 Å². The average molecular weight is 585 g/mol. The number of hydrogen-bond donors (Lipinski definition) is 1. The van der Waals surface area contributed by atoms with Crippen molar-refractivity contribution in [3.8, 4) is 11.5 Å². The Labute approximate surface area is 240 Å². The maximum Gasteiger partial charge on any atom is 0.270 e. The van der Waals surface area contributed by atoms with E-state index in [-0.39, 0.29) is 17.3 Å². The van der Waals surface area contributed by atoms with E-state index in [0.717, 1.165) is 16.0 Å². The van der Waals surface area contributed by atoms with E-state index in [1.54, 1.807) is 36.4 Å². The molecule has 1 aliphatic heterocycles. The Morgan fingerprint density at radius 3 is 2.46 bits per heavy atom. The van der Waals surface area contributed by atoms with E-state index in [9.17, 15) is 14.0 Å². The number of anilines is 1. The van der Waals surface area contributed by atoms with Gasteiger partial charge in [-0.1, -0.05) is 35.3 Å². The number of benzene rings is 3. The molecule has 0 aromatic heterocycles. The SMILES string of the molecule is C=CCc1cc(/C=C2/C(=O)NC(=S)N(c3ccc(F)cc3)C2=O)cc(OCC)c1OCc1ccc(Cl)cc1Cl. The zero-order valence-corrected chi connectivity index (χ0v) is 23.1. The van der Waals surface area contributed by atoms with Gasteiger partial charge in [0.1, 0.15) is 18.0 Å². The highest BCUT2D eigenvalue weighted by atomic mass is 35.5. The fraction of sp³-hybridized carbons (Fsp3) is 0.138. The summed E-state index contributed by atoms with van der Waals surface area (Å²) >= 11 is 17.5. The Hall–Kier alpha value is -3.72. The van der Waals surface area contributed by atoms with Crippen LogP contribution in [0.5, 0.6) is 11.5 Å². The number of rotatable bonds is 9. The first kappa shape index (κ1) is 28.3. The lowest BCUT2D eigenvalue weighted by Crippen LogP contribution is -2.54. The fourth-order valence-corrected chi connectivity index (χ4v) is 4.68. The molecule has 1 fully saturated rings. The van der Waals surface area contributed by atoms with Gasteiger partial charge in [-0.25, -0.2) is 4.39 Å². The first-order valence-corrected chi connectivity index (χ1v) is 13.0. The highest BCUT2D eigenvalue weighted by molar-refractivity contribution is 7.80. The predicted octanol–water partition coefficient (Wildman–Crippen LogP) is 6.67. The fourth-order valence-electron chi connectivity index (χ4n) is 3.94. The Kier molecular flexibility index (Phi) is 9.01. The van der Waals surface area contributed by atoms with Gasteiger partial charge >= 0.3 is 0 Å². The van der Waals surface area contributed by atoms with Crippen molar-refractivity contribution in [1.29, 1.82) is 0 Å². The number of hydrogen-bond acceptors (Lipinski definition) is 5. The molecule has 39 heavy (non-hydrogen) atoms. The van der Waals surface area contributed by atoms with Crippen molar-refractivity contribution < 1.29 is 23.5 Å². The first-order chi connectivity index (χ1) is 18.7. The zero-order chi connectivity index (χ0) is 28.1. The van der Waals surface area contributed by atoms with Crippen molar-refractivity contribution in [2.24, 2.45) is 0 Å². The maximum atomic E-state index is 13.4. The Bertz CT molecular complexity index is 1490. The molecule has 0 aliphatic carbocycles. The quantitative estimate of drug-likeness (QED) is 0.132. The van der Waals surface area contributed by atoms with Crippen LogP contribution in [0.3, 0.4) is 0 Å². The molecule has 0 radical (unpaired) electrons. The van der Waals surface area contributed by atoms with E-state index in [1.165, 1.54) is 30.3 Å². The van der Waals surface area contributed by atoms with E-state index >= 15 is 0 Å². The van der Waals surface area contributed by atoms with E-state index < -0.39 is 17.6 Å². The van der Waals surface area contributed by atoms with Gasteiger partial charge in [-0.3, -0.25) is 19.8 Å². The molecule has 6 nitrogen and oxygen atoms in total. The lowest BCUT2D eigenvalue weighted by molar-refractivity contribution is -0.122. The number of thiocarbonyl (C=S) groups is 1. The predicted molar refractivity (Wildman–Crippen MR) is 155 cm³/mol. The summed E-state index contributed by atoms with van der Waals surface area (Å²) in [7, 11) is 0. The highest BCUT2D eigenvalue weighted by Gasteiger charge is 2.34. The van der Waals surface area contributed by atoms with Gasteiger partial charge in [-0.2, -0.15) is 0 Å². The van der Waals surface area contributed by atoms with Gasteiger partial charge in [0.2, 0.25) is 0 Å². The van der Waals surface area contributed by atoms with Crippen LogP contribution in [-0.4, -0.2) is 23.5 Å². The Morgan fingerprint density at radius 1 is 1.05 bits per heavy atom. The van der Waals surface area contributed by atoms with Crippen molar-refractivity contribution in [2.75, 3.05) is 11.5 Å². The molecule has 200 valence electrons. The van der Waals surface area contributed by atoms with Crippen molar-refractivity contribution in [3.05, 3.63) is 105 Å². The number of carbonyl (C=O) groups excluding carboxylic acids is 2. The molecule has 0 bridgehead atoms. The smallest absolute Gasteiger partial charge is 0.270 e. The molecule has 0 atom stereocenters. The molecule has 0 spiro atoms. The number of carbonyl (C=O) groups is 2.